The number of para-hydroxylation sites is 1. The Kier molecular flexibility index (Phi) is 3.13. The highest BCUT2D eigenvalue weighted by molar-refractivity contribution is 5.96. The second-order valence-electron chi connectivity index (χ2n) is 4.29. The smallest absolute Gasteiger partial charge is 0.338 e. The maximum atomic E-state index is 11.8. The van der Waals surface area contributed by atoms with Gasteiger partial charge in [-0.1, -0.05) is 36.4 Å². The lowest BCUT2D eigenvalue weighted by Crippen LogP contribution is -2.04. The minimum Gasteiger partial charge on any atom is -0.465 e. The Bertz CT molecular complexity index is 784. The van der Waals surface area contributed by atoms with E-state index in [9.17, 15) is 4.79 Å². The van der Waals surface area contributed by atoms with Crippen molar-refractivity contribution in [2.24, 2.45) is 0 Å². The molecule has 0 spiro atoms. The third-order valence-corrected chi connectivity index (χ3v) is 3.06. The molecule has 1 aromatic heterocycles. The summed E-state index contributed by atoms with van der Waals surface area (Å²) < 4.78 is 4.79. The van der Waals surface area contributed by atoms with Crippen molar-refractivity contribution in [1.29, 1.82) is 0 Å². The number of hydrogen-bond acceptors (Lipinski definition) is 4. The van der Waals surface area contributed by atoms with E-state index in [0.717, 1.165) is 10.9 Å². The summed E-state index contributed by atoms with van der Waals surface area (Å²) in [6, 6.07) is 14.9. The zero-order chi connectivity index (χ0) is 13.9. The highest BCUT2D eigenvalue weighted by Crippen LogP contribution is 2.22. The lowest BCUT2D eigenvalue weighted by molar-refractivity contribution is 0.0601. The van der Waals surface area contributed by atoms with E-state index >= 15 is 0 Å². The maximum Gasteiger partial charge on any atom is 0.338 e. The summed E-state index contributed by atoms with van der Waals surface area (Å²) >= 11 is 0. The number of benzene rings is 2. The molecule has 0 fully saturated rings. The van der Waals surface area contributed by atoms with E-state index in [1.165, 1.54) is 7.11 Å². The lowest BCUT2D eigenvalue weighted by Gasteiger charge is -2.07. The van der Waals surface area contributed by atoms with E-state index in [0.29, 0.717) is 17.0 Å². The van der Waals surface area contributed by atoms with Gasteiger partial charge in [0, 0.05) is 17.1 Å². The Labute approximate surface area is 116 Å². The fourth-order valence-corrected chi connectivity index (χ4v) is 2.07. The molecule has 0 radical (unpaired) electrons. The first-order valence-electron chi connectivity index (χ1n) is 6.19. The first-order valence-corrected chi connectivity index (χ1v) is 6.19. The molecule has 0 aliphatic heterocycles. The van der Waals surface area contributed by atoms with Crippen LogP contribution in [0.4, 0.5) is 0 Å². The first-order chi connectivity index (χ1) is 9.79. The van der Waals surface area contributed by atoms with E-state index in [-0.39, 0.29) is 0 Å². The van der Waals surface area contributed by atoms with Gasteiger partial charge in [-0.05, 0) is 12.1 Å². The van der Waals surface area contributed by atoms with Crippen LogP contribution >= 0.6 is 0 Å². The SMILES string of the molecule is COC(=O)c1ccccc1-c1ncc2ccccc2n1. The average molecular weight is 264 g/mol. The summed E-state index contributed by atoms with van der Waals surface area (Å²) in [6.07, 6.45) is 1.76. The topological polar surface area (TPSA) is 52.1 Å². The molecule has 0 saturated heterocycles. The van der Waals surface area contributed by atoms with Gasteiger partial charge in [0.25, 0.3) is 0 Å². The third-order valence-electron chi connectivity index (χ3n) is 3.06. The number of rotatable bonds is 2. The molecule has 0 amide bonds. The summed E-state index contributed by atoms with van der Waals surface area (Å²) in [6.45, 7) is 0. The number of ether oxygens (including phenoxy) is 1. The van der Waals surface area contributed by atoms with Gasteiger partial charge < -0.3 is 4.74 Å². The van der Waals surface area contributed by atoms with Crippen molar-refractivity contribution in [2.45, 2.75) is 0 Å². The quantitative estimate of drug-likeness (QED) is 0.667. The molecule has 0 atom stereocenters. The Hall–Kier alpha value is -2.75. The molecule has 3 aromatic rings. The summed E-state index contributed by atoms with van der Waals surface area (Å²) in [5.74, 6) is 0.127. The molecule has 0 N–H and O–H groups in total. The van der Waals surface area contributed by atoms with Crippen molar-refractivity contribution in [2.75, 3.05) is 7.11 Å². The van der Waals surface area contributed by atoms with Crippen molar-refractivity contribution in [3.05, 3.63) is 60.3 Å². The summed E-state index contributed by atoms with van der Waals surface area (Å²) in [5.41, 5.74) is 1.98. The van der Waals surface area contributed by atoms with Crippen LogP contribution in [0.2, 0.25) is 0 Å². The van der Waals surface area contributed by atoms with Crippen molar-refractivity contribution >= 4 is 16.9 Å². The molecule has 20 heavy (non-hydrogen) atoms. The van der Waals surface area contributed by atoms with E-state index in [1.807, 2.05) is 36.4 Å². The monoisotopic (exact) mass is 264 g/mol. The van der Waals surface area contributed by atoms with E-state index < -0.39 is 5.97 Å². The molecule has 0 saturated carbocycles. The minimum absolute atomic E-state index is 0.391. The second-order valence-corrected chi connectivity index (χ2v) is 4.29. The lowest BCUT2D eigenvalue weighted by atomic mass is 10.1. The minimum atomic E-state index is -0.391. The van der Waals surface area contributed by atoms with Gasteiger partial charge in [-0.15, -0.1) is 0 Å². The largest absolute Gasteiger partial charge is 0.465 e. The predicted molar refractivity (Wildman–Crippen MR) is 76.3 cm³/mol. The van der Waals surface area contributed by atoms with Gasteiger partial charge in [-0.3, -0.25) is 0 Å². The van der Waals surface area contributed by atoms with Crippen LogP contribution in [0.5, 0.6) is 0 Å². The molecular formula is C16H12N2O2. The Morgan fingerprint density at radius 3 is 2.65 bits per heavy atom. The van der Waals surface area contributed by atoms with Gasteiger partial charge in [-0.25, -0.2) is 14.8 Å². The number of nitrogens with zero attached hydrogens (tertiary/aromatic N) is 2. The molecule has 0 unspecified atom stereocenters. The zero-order valence-electron chi connectivity index (χ0n) is 10.9. The van der Waals surface area contributed by atoms with Crippen LogP contribution in [0.1, 0.15) is 10.4 Å². The third kappa shape index (κ3) is 2.12. The molecule has 98 valence electrons. The molecule has 4 nitrogen and oxygen atoms in total. The Balaban J connectivity index is 2.18. The second kappa shape index (κ2) is 5.09. The summed E-state index contributed by atoms with van der Waals surface area (Å²) in [4.78, 5) is 20.6. The van der Waals surface area contributed by atoms with Crippen molar-refractivity contribution in [3.63, 3.8) is 0 Å². The molecule has 0 aliphatic rings. The average Bonchev–Trinajstić information content (AvgIpc) is 2.53. The van der Waals surface area contributed by atoms with E-state index in [2.05, 4.69) is 9.97 Å². The highest BCUT2D eigenvalue weighted by Gasteiger charge is 2.14. The number of methoxy groups -OCH3 is 1. The van der Waals surface area contributed by atoms with E-state index in [4.69, 9.17) is 4.74 Å². The maximum absolute atomic E-state index is 11.8. The molecular weight excluding hydrogens is 252 g/mol. The van der Waals surface area contributed by atoms with Crippen molar-refractivity contribution in [3.8, 4) is 11.4 Å². The molecule has 1 heterocycles. The number of esters is 1. The molecule has 2 aromatic carbocycles. The number of carbonyl (C=O) groups excluding carboxylic acids is 1. The van der Waals surface area contributed by atoms with Crippen LogP contribution in [-0.2, 0) is 4.74 Å². The van der Waals surface area contributed by atoms with Crippen LogP contribution in [0.15, 0.2) is 54.7 Å². The van der Waals surface area contributed by atoms with Crippen LogP contribution in [0.3, 0.4) is 0 Å². The van der Waals surface area contributed by atoms with Gasteiger partial charge in [0.15, 0.2) is 5.82 Å². The number of fused-ring (bicyclic) bond motifs is 1. The number of aromatic nitrogens is 2. The molecule has 3 rings (SSSR count). The fraction of sp³-hybridized carbons (Fsp3) is 0.0625. The normalized spacial score (nSPS) is 10.4. The van der Waals surface area contributed by atoms with E-state index in [1.54, 1.807) is 18.3 Å². The molecule has 0 bridgehead atoms. The summed E-state index contributed by atoms with van der Waals surface area (Å²) in [7, 11) is 1.36. The zero-order valence-corrected chi connectivity index (χ0v) is 10.9. The van der Waals surface area contributed by atoms with Gasteiger partial charge >= 0.3 is 5.97 Å². The van der Waals surface area contributed by atoms with Crippen LogP contribution in [-0.4, -0.2) is 23.0 Å². The standard InChI is InChI=1S/C16H12N2O2/c1-20-16(19)13-8-4-3-7-12(13)15-17-10-11-6-2-5-9-14(11)18-15/h2-10H,1H3. The molecule has 4 heteroatoms. The van der Waals surface area contributed by atoms with Gasteiger partial charge in [-0.2, -0.15) is 0 Å². The van der Waals surface area contributed by atoms with Crippen LogP contribution < -0.4 is 0 Å². The summed E-state index contributed by atoms with van der Waals surface area (Å²) in [5, 5.41) is 0.965. The van der Waals surface area contributed by atoms with Gasteiger partial charge in [0.05, 0.1) is 18.2 Å². The van der Waals surface area contributed by atoms with Crippen LogP contribution in [0.25, 0.3) is 22.3 Å². The van der Waals surface area contributed by atoms with Gasteiger partial charge in [0.2, 0.25) is 0 Å². The Morgan fingerprint density at radius 1 is 1.05 bits per heavy atom. The van der Waals surface area contributed by atoms with Crippen LogP contribution in [0, 0.1) is 0 Å². The predicted octanol–water partition coefficient (Wildman–Crippen LogP) is 3.08. The highest BCUT2D eigenvalue weighted by atomic mass is 16.5. The molecule has 0 aliphatic carbocycles. The Morgan fingerprint density at radius 2 is 1.80 bits per heavy atom. The van der Waals surface area contributed by atoms with Crippen molar-refractivity contribution < 1.29 is 9.53 Å². The van der Waals surface area contributed by atoms with Crippen molar-refractivity contribution in [1.82, 2.24) is 9.97 Å². The number of hydrogen-bond donors (Lipinski definition) is 0. The van der Waals surface area contributed by atoms with Gasteiger partial charge in [0.1, 0.15) is 0 Å². The number of carbonyl (C=O) groups is 1. The first kappa shape index (κ1) is 12.3. The fourth-order valence-electron chi connectivity index (χ4n) is 2.07.